The van der Waals surface area contributed by atoms with Gasteiger partial charge in [0, 0.05) is 6.04 Å². The maximum Gasteiger partial charge on any atom is 0.283 e. The predicted molar refractivity (Wildman–Crippen MR) is 83.5 cm³/mol. The Kier molecular flexibility index (Phi) is 4.63. The minimum absolute atomic E-state index is 0.0612. The van der Waals surface area contributed by atoms with Crippen LogP contribution in [0.15, 0.2) is 0 Å². The van der Waals surface area contributed by atoms with E-state index in [1.54, 1.807) is 6.92 Å². The summed E-state index contributed by atoms with van der Waals surface area (Å²) in [4.78, 5) is 12.2. The summed E-state index contributed by atoms with van der Waals surface area (Å²) in [7, 11) is 0. The van der Waals surface area contributed by atoms with Crippen LogP contribution in [0.4, 0.5) is 8.78 Å². The van der Waals surface area contributed by atoms with Gasteiger partial charge >= 0.3 is 0 Å². The Hall–Kier alpha value is -1.17. The van der Waals surface area contributed by atoms with E-state index >= 15 is 0 Å². The summed E-state index contributed by atoms with van der Waals surface area (Å²) in [5, 5.41) is 6.71. The third kappa shape index (κ3) is 3.23. The highest BCUT2D eigenvalue weighted by molar-refractivity contribution is 6.31. The first kappa shape index (κ1) is 16.7. The number of nitrogens with zero attached hydrogens (tertiary/aromatic N) is 2. The van der Waals surface area contributed by atoms with Crippen molar-refractivity contribution in [2.75, 3.05) is 0 Å². The van der Waals surface area contributed by atoms with Gasteiger partial charge in [-0.15, -0.1) is 0 Å². The van der Waals surface area contributed by atoms with Gasteiger partial charge in [-0.1, -0.05) is 18.0 Å². The second-order valence-corrected chi connectivity index (χ2v) is 7.32. The molecule has 4 nitrogen and oxygen atoms in total. The number of fused-ring (bicyclic) bond motifs is 2. The molecule has 2 aliphatic rings. The van der Waals surface area contributed by atoms with Crippen LogP contribution in [-0.4, -0.2) is 21.7 Å². The van der Waals surface area contributed by atoms with Gasteiger partial charge in [0.05, 0.1) is 10.7 Å². The molecule has 2 fully saturated rings. The second-order valence-electron chi connectivity index (χ2n) is 6.94. The van der Waals surface area contributed by atoms with Crippen LogP contribution in [0.3, 0.4) is 0 Å². The number of aromatic nitrogens is 2. The standard InChI is InChI=1S/C16H22ClF2N3O/c1-8(12-6-10-3-4-11(12)5-10)20-13(23)7-22-9(2)14(17)15(21-22)16(18)19/h8,10-12,16H,3-7H2,1-2H3,(H,20,23)/t8-,10-,11-,12+/m0/s1. The highest BCUT2D eigenvalue weighted by Gasteiger charge is 2.42. The predicted octanol–water partition coefficient (Wildman–Crippen LogP) is 3.72. The quantitative estimate of drug-likeness (QED) is 0.884. The molecule has 0 aliphatic heterocycles. The van der Waals surface area contributed by atoms with Crippen molar-refractivity contribution in [3.8, 4) is 0 Å². The first-order valence-electron chi connectivity index (χ1n) is 8.17. The Morgan fingerprint density at radius 1 is 1.43 bits per heavy atom. The summed E-state index contributed by atoms with van der Waals surface area (Å²) in [6, 6.07) is 0.110. The fourth-order valence-corrected chi connectivity index (χ4v) is 4.51. The van der Waals surface area contributed by atoms with E-state index in [1.807, 2.05) is 6.92 Å². The van der Waals surface area contributed by atoms with Gasteiger partial charge in [0.15, 0.2) is 0 Å². The van der Waals surface area contributed by atoms with Gasteiger partial charge in [-0.2, -0.15) is 5.10 Å². The highest BCUT2D eigenvalue weighted by Crippen LogP contribution is 2.49. The first-order valence-corrected chi connectivity index (χ1v) is 8.55. The molecular formula is C16H22ClF2N3O. The van der Waals surface area contributed by atoms with E-state index in [1.165, 1.54) is 30.4 Å². The lowest BCUT2D eigenvalue weighted by Crippen LogP contribution is -2.41. The zero-order valence-electron chi connectivity index (χ0n) is 13.4. The zero-order chi connectivity index (χ0) is 16.7. The molecule has 1 aromatic rings. The number of nitrogens with one attached hydrogen (secondary N) is 1. The number of halogens is 3. The van der Waals surface area contributed by atoms with Crippen molar-refractivity contribution in [2.45, 2.75) is 58.5 Å². The highest BCUT2D eigenvalue weighted by atomic mass is 35.5. The van der Waals surface area contributed by atoms with Crippen LogP contribution in [0.5, 0.6) is 0 Å². The Balaban J connectivity index is 1.60. The molecule has 0 unspecified atom stereocenters. The van der Waals surface area contributed by atoms with Crippen LogP contribution in [0.2, 0.25) is 5.02 Å². The molecule has 2 aliphatic carbocycles. The molecule has 0 saturated heterocycles. The van der Waals surface area contributed by atoms with Crippen molar-refractivity contribution in [3.63, 3.8) is 0 Å². The SMILES string of the molecule is Cc1c(Cl)c(C(F)F)nn1CC(=O)N[C@@H](C)[C@H]1C[C@H]2CC[C@H]1C2. The summed E-state index contributed by atoms with van der Waals surface area (Å²) < 4.78 is 26.9. The zero-order valence-corrected chi connectivity index (χ0v) is 14.1. The number of amides is 1. The molecule has 1 heterocycles. The maximum atomic E-state index is 12.8. The van der Waals surface area contributed by atoms with Crippen LogP contribution < -0.4 is 5.32 Å². The van der Waals surface area contributed by atoms with Crippen molar-refractivity contribution >= 4 is 17.5 Å². The van der Waals surface area contributed by atoms with E-state index in [9.17, 15) is 13.6 Å². The first-order chi connectivity index (χ1) is 10.9. The molecule has 0 radical (unpaired) electrons. The molecule has 1 amide bonds. The van der Waals surface area contributed by atoms with Gasteiger partial charge in [-0.25, -0.2) is 8.78 Å². The summed E-state index contributed by atoms with van der Waals surface area (Å²) in [6.45, 7) is 3.55. The molecule has 3 rings (SSSR count). The third-order valence-electron chi connectivity index (χ3n) is 5.48. The monoisotopic (exact) mass is 345 g/mol. The second kappa shape index (κ2) is 6.38. The number of carbonyl (C=O) groups is 1. The Labute approximate surface area is 139 Å². The number of carbonyl (C=O) groups excluding carboxylic acids is 1. The largest absolute Gasteiger partial charge is 0.352 e. The van der Waals surface area contributed by atoms with E-state index in [0.717, 1.165) is 11.8 Å². The molecule has 2 bridgehead atoms. The lowest BCUT2D eigenvalue weighted by molar-refractivity contribution is -0.123. The minimum atomic E-state index is -2.74. The van der Waals surface area contributed by atoms with Crippen molar-refractivity contribution in [1.29, 1.82) is 0 Å². The van der Waals surface area contributed by atoms with Crippen LogP contribution in [0.25, 0.3) is 0 Å². The number of alkyl halides is 2. The van der Waals surface area contributed by atoms with Gasteiger partial charge in [0.25, 0.3) is 6.43 Å². The fourth-order valence-electron chi connectivity index (χ4n) is 4.29. The van der Waals surface area contributed by atoms with Gasteiger partial charge < -0.3 is 5.32 Å². The Morgan fingerprint density at radius 3 is 2.70 bits per heavy atom. The van der Waals surface area contributed by atoms with Gasteiger partial charge in [-0.05, 0) is 50.9 Å². The molecular weight excluding hydrogens is 324 g/mol. The summed E-state index contributed by atoms with van der Waals surface area (Å²) in [5.74, 6) is 1.88. The van der Waals surface area contributed by atoms with E-state index < -0.39 is 12.1 Å². The average molecular weight is 346 g/mol. The Bertz CT molecular complexity index is 604. The molecule has 1 N–H and O–H groups in total. The van der Waals surface area contributed by atoms with E-state index in [-0.39, 0.29) is 23.5 Å². The molecule has 0 aromatic carbocycles. The van der Waals surface area contributed by atoms with Crippen LogP contribution in [0.1, 0.15) is 50.4 Å². The summed E-state index contributed by atoms with van der Waals surface area (Å²) >= 11 is 5.85. The van der Waals surface area contributed by atoms with Gasteiger partial charge in [-0.3, -0.25) is 9.48 Å². The van der Waals surface area contributed by atoms with E-state index in [2.05, 4.69) is 10.4 Å². The maximum absolute atomic E-state index is 12.8. The molecule has 23 heavy (non-hydrogen) atoms. The van der Waals surface area contributed by atoms with E-state index in [0.29, 0.717) is 11.6 Å². The topological polar surface area (TPSA) is 46.9 Å². The Morgan fingerprint density at radius 2 is 2.17 bits per heavy atom. The van der Waals surface area contributed by atoms with Crippen LogP contribution in [0, 0.1) is 24.7 Å². The van der Waals surface area contributed by atoms with Crippen molar-refractivity contribution in [2.24, 2.45) is 17.8 Å². The molecule has 128 valence electrons. The van der Waals surface area contributed by atoms with Crippen molar-refractivity contribution in [3.05, 3.63) is 16.4 Å². The molecule has 4 atom stereocenters. The minimum Gasteiger partial charge on any atom is -0.352 e. The molecule has 0 spiro atoms. The number of rotatable bonds is 5. The lowest BCUT2D eigenvalue weighted by Gasteiger charge is -2.28. The lowest BCUT2D eigenvalue weighted by atomic mass is 9.84. The molecule has 7 heteroatoms. The van der Waals surface area contributed by atoms with Crippen LogP contribution in [-0.2, 0) is 11.3 Å². The summed E-state index contributed by atoms with van der Waals surface area (Å²) in [6.07, 6.45) is 2.33. The third-order valence-corrected chi connectivity index (χ3v) is 5.95. The van der Waals surface area contributed by atoms with Gasteiger partial charge in [0.2, 0.25) is 5.91 Å². The van der Waals surface area contributed by atoms with E-state index in [4.69, 9.17) is 11.6 Å². The average Bonchev–Trinajstić information content (AvgIpc) is 3.17. The summed E-state index contributed by atoms with van der Waals surface area (Å²) in [5.41, 5.74) is -0.0668. The smallest absolute Gasteiger partial charge is 0.283 e. The molecule has 2 saturated carbocycles. The number of hydrogen-bond acceptors (Lipinski definition) is 2. The normalized spacial score (nSPS) is 27.7. The fraction of sp³-hybridized carbons (Fsp3) is 0.750. The van der Waals surface area contributed by atoms with Crippen molar-refractivity contribution < 1.29 is 13.6 Å². The van der Waals surface area contributed by atoms with Crippen molar-refractivity contribution in [1.82, 2.24) is 15.1 Å². The molecule has 1 aromatic heterocycles. The van der Waals surface area contributed by atoms with Crippen LogP contribution >= 0.6 is 11.6 Å². The number of hydrogen-bond donors (Lipinski definition) is 1. The van der Waals surface area contributed by atoms with Gasteiger partial charge in [0.1, 0.15) is 12.2 Å².